The van der Waals surface area contributed by atoms with Crippen LogP contribution in [0.2, 0.25) is 0 Å². The SMILES string of the molecule is C/C(N)=C(/C(=N)C1=CCC(Cc2ccccc2)C=C1)C(N)N. The molecule has 0 aliphatic heterocycles. The topological polar surface area (TPSA) is 102 Å². The average Bonchev–Trinajstić information content (AvgIpc) is 2.48. The fourth-order valence-electron chi connectivity index (χ4n) is 2.70. The quantitative estimate of drug-likeness (QED) is 0.495. The number of rotatable bonds is 5. The van der Waals surface area contributed by atoms with E-state index in [9.17, 15) is 0 Å². The number of nitrogens with two attached hydrogens (primary N) is 3. The lowest BCUT2D eigenvalue weighted by molar-refractivity contribution is 0.651. The van der Waals surface area contributed by atoms with E-state index in [0.717, 1.165) is 18.4 Å². The van der Waals surface area contributed by atoms with Gasteiger partial charge in [0, 0.05) is 11.3 Å². The van der Waals surface area contributed by atoms with E-state index in [2.05, 4.69) is 36.4 Å². The number of nitrogens with one attached hydrogen (secondary N) is 1. The van der Waals surface area contributed by atoms with Crippen molar-refractivity contribution in [2.24, 2.45) is 23.1 Å². The molecule has 1 unspecified atom stereocenters. The van der Waals surface area contributed by atoms with Crippen molar-refractivity contribution in [2.75, 3.05) is 0 Å². The van der Waals surface area contributed by atoms with Gasteiger partial charge in [0.05, 0.1) is 11.9 Å². The number of hydrogen-bond donors (Lipinski definition) is 4. The van der Waals surface area contributed by atoms with Gasteiger partial charge in [-0.1, -0.05) is 48.6 Å². The van der Waals surface area contributed by atoms with E-state index in [4.69, 9.17) is 22.6 Å². The molecule has 0 spiro atoms. The Bertz CT molecular complexity index is 620. The third-order valence-corrected chi connectivity index (χ3v) is 3.85. The third kappa shape index (κ3) is 3.93. The summed E-state index contributed by atoms with van der Waals surface area (Å²) in [5, 5.41) is 8.27. The molecule has 0 bridgehead atoms. The van der Waals surface area contributed by atoms with Crippen LogP contribution in [-0.4, -0.2) is 11.9 Å². The molecule has 0 amide bonds. The van der Waals surface area contributed by atoms with Gasteiger partial charge in [-0.05, 0) is 36.8 Å². The Morgan fingerprint density at radius 3 is 2.45 bits per heavy atom. The maximum absolute atomic E-state index is 8.27. The first-order valence-corrected chi connectivity index (χ1v) is 7.48. The van der Waals surface area contributed by atoms with Crippen LogP contribution in [0.15, 0.2) is 65.4 Å². The molecule has 4 heteroatoms. The lowest BCUT2D eigenvalue weighted by atomic mass is 9.87. The van der Waals surface area contributed by atoms with Crippen molar-refractivity contribution in [3.05, 3.63) is 71.0 Å². The van der Waals surface area contributed by atoms with Crippen LogP contribution in [0.1, 0.15) is 18.9 Å². The maximum Gasteiger partial charge on any atom is 0.0822 e. The summed E-state index contributed by atoms with van der Waals surface area (Å²) in [6, 6.07) is 10.4. The molecule has 2 rings (SSSR count). The Labute approximate surface area is 131 Å². The largest absolute Gasteiger partial charge is 0.402 e. The zero-order valence-electron chi connectivity index (χ0n) is 12.9. The second-order valence-corrected chi connectivity index (χ2v) is 5.70. The summed E-state index contributed by atoms with van der Waals surface area (Å²) in [5.41, 5.74) is 20.7. The molecule has 1 aliphatic carbocycles. The molecule has 1 atom stereocenters. The van der Waals surface area contributed by atoms with Gasteiger partial charge >= 0.3 is 0 Å². The van der Waals surface area contributed by atoms with Crippen molar-refractivity contribution in [3.63, 3.8) is 0 Å². The van der Waals surface area contributed by atoms with E-state index < -0.39 is 6.17 Å². The Hall–Kier alpha value is -2.17. The van der Waals surface area contributed by atoms with Gasteiger partial charge in [-0.25, -0.2) is 0 Å². The Morgan fingerprint density at radius 1 is 1.27 bits per heavy atom. The van der Waals surface area contributed by atoms with Gasteiger partial charge in [0.1, 0.15) is 0 Å². The smallest absolute Gasteiger partial charge is 0.0822 e. The first kappa shape index (κ1) is 16.2. The minimum atomic E-state index is -0.728. The van der Waals surface area contributed by atoms with Gasteiger partial charge in [0.2, 0.25) is 0 Å². The van der Waals surface area contributed by atoms with E-state index in [1.807, 2.05) is 12.1 Å². The summed E-state index contributed by atoms with van der Waals surface area (Å²) >= 11 is 0. The number of hydrogen-bond acceptors (Lipinski definition) is 4. The van der Waals surface area contributed by atoms with Crippen molar-refractivity contribution < 1.29 is 0 Å². The van der Waals surface area contributed by atoms with Crippen LogP contribution in [0.25, 0.3) is 0 Å². The monoisotopic (exact) mass is 296 g/mol. The van der Waals surface area contributed by atoms with Crippen LogP contribution >= 0.6 is 0 Å². The Kier molecular flexibility index (Phi) is 5.31. The summed E-state index contributed by atoms with van der Waals surface area (Å²) in [7, 11) is 0. The second kappa shape index (κ2) is 7.20. The number of benzene rings is 1. The molecule has 1 aromatic carbocycles. The van der Waals surface area contributed by atoms with Crippen molar-refractivity contribution in [1.82, 2.24) is 0 Å². The fourth-order valence-corrected chi connectivity index (χ4v) is 2.70. The van der Waals surface area contributed by atoms with Crippen LogP contribution in [0.4, 0.5) is 0 Å². The summed E-state index contributed by atoms with van der Waals surface area (Å²) in [6.07, 6.45) is 7.38. The van der Waals surface area contributed by atoms with Crippen LogP contribution in [-0.2, 0) is 6.42 Å². The van der Waals surface area contributed by atoms with Gasteiger partial charge in [-0.2, -0.15) is 0 Å². The van der Waals surface area contributed by atoms with Crippen molar-refractivity contribution in [1.29, 1.82) is 5.41 Å². The summed E-state index contributed by atoms with van der Waals surface area (Å²) in [5.74, 6) is 0.455. The average molecular weight is 296 g/mol. The molecule has 0 heterocycles. The molecule has 0 fully saturated rings. The molecular formula is C18H24N4. The van der Waals surface area contributed by atoms with Gasteiger partial charge in [0.15, 0.2) is 0 Å². The van der Waals surface area contributed by atoms with E-state index in [1.165, 1.54) is 5.56 Å². The molecule has 22 heavy (non-hydrogen) atoms. The standard InChI is InChI=1S/C18H24N4/c1-12(19)16(18(21)22)17(20)15-9-7-14(8-10-15)11-13-5-3-2-4-6-13/h2-7,9-10,14,18,20H,8,11,19,21-22H2,1H3/b16-12+,20-17?. The van der Waals surface area contributed by atoms with Gasteiger partial charge in [0.25, 0.3) is 0 Å². The summed E-state index contributed by atoms with van der Waals surface area (Å²) < 4.78 is 0. The highest BCUT2D eigenvalue weighted by Gasteiger charge is 2.18. The minimum Gasteiger partial charge on any atom is -0.402 e. The highest BCUT2D eigenvalue weighted by molar-refractivity contribution is 6.13. The molecule has 0 radical (unpaired) electrons. The predicted molar refractivity (Wildman–Crippen MR) is 92.3 cm³/mol. The van der Waals surface area contributed by atoms with Crippen molar-refractivity contribution in [3.8, 4) is 0 Å². The first-order chi connectivity index (χ1) is 10.5. The summed E-state index contributed by atoms with van der Waals surface area (Å²) in [4.78, 5) is 0. The van der Waals surface area contributed by atoms with Gasteiger partial charge in [-0.3, -0.25) is 5.41 Å². The Morgan fingerprint density at radius 2 is 1.95 bits per heavy atom. The molecular weight excluding hydrogens is 272 g/mol. The van der Waals surface area contributed by atoms with Crippen molar-refractivity contribution >= 4 is 5.71 Å². The van der Waals surface area contributed by atoms with Crippen LogP contribution < -0.4 is 17.2 Å². The minimum absolute atomic E-state index is 0.324. The molecule has 1 aliphatic rings. The molecule has 0 aromatic heterocycles. The zero-order valence-corrected chi connectivity index (χ0v) is 12.9. The van der Waals surface area contributed by atoms with Gasteiger partial charge in [-0.15, -0.1) is 0 Å². The molecule has 0 saturated heterocycles. The van der Waals surface area contributed by atoms with Crippen LogP contribution in [0.3, 0.4) is 0 Å². The third-order valence-electron chi connectivity index (χ3n) is 3.85. The highest BCUT2D eigenvalue weighted by atomic mass is 14.9. The van der Waals surface area contributed by atoms with Crippen LogP contribution in [0.5, 0.6) is 0 Å². The summed E-state index contributed by atoms with van der Waals surface area (Å²) in [6.45, 7) is 1.72. The Balaban J connectivity index is 2.05. The molecule has 116 valence electrons. The van der Waals surface area contributed by atoms with E-state index in [0.29, 0.717) is 22.9 Å². The van der Waals surface area contributed by atoms with Crippen LogP contribution in [0, 0.1) is 11.3 Å². The molecule has 7 N–H and O–H groups in total. The van der Waals surface area contributed by atoms with Crippen molar-refractivity contribution in [2.45, 2.75) is 25.9 Å². The lowest BCUT2D eigenvalue weighted by Crippen LogP contribution is -2.38. The van der Waals surface area contributed by atoms with E-state index >= 15 is 0 Å². The first-order valence-electron chi connectivity index (χ1n) is 7.48. The second-order valence-electron chi connectivity index (χ2n) is 5.70. The van der Waals surface area contributed by atoms with E-state index in [1.54, 1.807) is 6.92 Å². The predicted octanol–water partition coefficient (Wildman–Crippen LogP) is 2.23. The fraction of sp³-hybridized carbons (Fsp3) is 0.278. The molecule has 1 aromatic rings. The van der Waals surface area contributed by atoms with E-state index in [-0.39, 0.29) is 0 Å². The molecule has 0 saturated carbocycles. The van der Waals surface area contributed by atoms with Gasteiger partial charge < -0.3 is 17.2 Å². The lowest BCUT2D eigenvalue weighted by Gasteiger charge is -2.20. The maximum atomic E-state index is 8.27. The highest BCUT2D eigenvalue weighted by Crippen LogP contribution is 2.23. The normalized spacial score (nSPS) is 18.9. The zero-order chi connectivity index (χ0) is 16.1. The number of allylic oxidation sites excluding steroid dienone is 5. The molecule has 4 nitrogen and oxygen atoms in total.